The molecule has 0 aromatic rings. The van der Waals surface area contributed by atoms with Crippen molar-refractivity contribution in [1.29, 1.82) is 0 Å². The van der Waals surface area contributed by atoms with Crippen LogP contribution < -0.4 is 0 Å². The Hall–Kier alpha value is 0.730. The molecule has 3 unspecified atom stereocenters. The fraction of sp³-hybridized carbons (Fsp3) is 1.00. The minimum Gasteiger partial charge on any atom is -0.346 e. The summed E-state index contributed by atoms with van der Waals surface area (Å²) in [7, 11) is 0. The summed E-state index contributed by atoms with van der Waals surface area (Å²) in [5.74, 6) is 0.719. The molecule has 0 bridgehead atoms. The van der Waals surface area contributed by atoms with Gasteiger partial charge in [0.2, 0.25) is 0 Å². The molecule has 1 saturated heterocycles. The van der Waals surface area contributed by atoms with E-state index in [4.69, 9.17) is 16.3 Å². The van der Waals surface area contributed by atoms with Crippen LogP contribution in [0.5, 0.6) is 0 Å². The third-order valence-corrected chi connectivity index (χ3v) is 5.22. The Labute approximate surface area is 92.3 Å². The molecule has 0 aromatic heterocycles. The van der Waals surface area contributed by atoms with Gasteiger partial charge in [-0.2, -0.15) is 0 Å². The Morgan fingerprint density at radius 1 is 1.38 bits per heavy atom. The van der Waals surface area contributed by atoms with Crippen LogP contribution in [0, 0.1) is 5.92 Å². The Morgan fingerprint density at radius 3 is 3.08 bits per heavy atom. The van der Waals surface area contributed by atoms with Crippen molar-refractivity contribution in [1.82, 2.24) is 0 Å². The Bertz CT molecular complexity index is 247. The fourth-order valence-electron chi connectivity index (χ4n) is 3.30. The minimum absolute atomic E-state index is 0.0943. The van der Waals surface area contributed by atoms with Crippen molar-refractivity contribution in [2.45, 2.75) is 54.0 Å². The average Bonchev–Trinajstić information content (AvgIpc) is 2.64. The lowest BCUT2D eigenvalue weighted by Gasteiger charge is -2.36. The molecule has 1 nitrogen and oxygen atoms in total. The van der Waals surface area contributed by atoms with E-state index in [0.717, 1.165) is 12.3 Å². The Balaban J connectivity index is 1.89. The maximum atomic E-state index is 6.45. The number of ether oxygens (including phenoxy) is 1. The SMILES string of the molecule is ClC12C[C@H](Br)CC3CCCCC31O2. The van der Waals surface area contributed by atoms with Crippen molar-refractivity contribution in [3.05, 3.63) is 0 Å². The first-order valence-electron chi connectivity index (χ1n) is 5.19. The van der Waals surface area contributed by atoms with Crippen LogP contribution in [0.15, 0.2) is 0 Å². The number of halogens is 2. The molecule has 1 spiro atoms. The van der Waals surface area contributed by atoms with Gasteiger partial charge in [0, 0.05) is 11.2 Å². The Morgan fingerprint density at radius 2 is 2.23 bits per heavy atom. The summed E-state index contributed by atoms with van der Waals surface area (Å²) in [6, 6.07) is 0. The molecular formula is C10H14BrClO. The molecule has 1 heterocycles. The average molecular weight is 266 g/mol. The highest BCUT2D eigenvalue weighted by Crippen LogP contribution is 2.67. The molecule has 3 heteroatoms. The highest BCUT2D eigenvalue weighted by atomic mass is 79.9. The third-order valence-electron chi connectivity index (χ3n) is 3.97. The predicted molar refractivity (Wildman–Crippen MR) is 56.3 cm³/mol. The van der Waals surface area contributed by atoms with Crippen LogP contribution in [0.4, 0.5) is 0 Å². The first-order chi connectivity index (χ1) is 6.16. The summed E-state index contributed by atoms with van der Waals surface area (Å²) >= 11 is 10.1. The Kier molecular flexibility index (Phi) is 1.83. The first kappa shape index (κ1) is 8.99. The monoisotopic (exact) mass is 264 g/mol. The van der Waals surface area contributed by atoms with E-state index in [0.29, 0.717) is 4.83 Å². The van der Waals surface area contributed by atoms with E-state index >= 15 is 0 Å². The largest absolute Gasteiger partial charge is 0.346 e. The van der Waals surface area contributed by atoms with Gasteiger partial charge in [0.25, 0.3) is 0 Å². The van der Waals surface area contributed by atoms with Crippen LogP contribution in [0.1, 0.15) is 38.5 Å². The fourth-order valence-corrected chi connectivity index (χ4v) is 4.97. The maximum absolute atomic E-state index is 6.45. The van der Waals surface area contributed by atoms with Gasteiger partial charge in [-0.05, 0) is 25.2 Å². The molecule has 4 atom stereocenters. The molecule has 2 aliphatic carbocycles. The second-order valence-electron chi connectivity index (χ2n) is 4.70. The van der Waals surface area contributed by atoms with Crippen molar-refractivity contribution in [2.24, 2.45) is 5.92 Å². The number of alkyl halides is 2. The highest BCUT2D eigenvalue weighted by Gasteiger charge is 2.74. The molecule has 0 amide bonds. The lowest BCUT2D eigenvalue weighted by atomic mass is 9.70. The zero-order valence-corrected chi connectivity index (χ0v) is 9.90. The van der Waals surface area contributed by atoms with E-state index in [1.807, 2.05) is 0 Å². The number of hydrogen-bond donors (Lipinski definition) is 0. The van der Waals surface area contributed by atoms with E-state index in [1.54, 1.807) is 0 Å². The van der Waals surface area contributed by atoms with Gasteiger partial charge in [-0.3, -0.25) is 0 Å². The second-order valence-corrected chi connectivity index (χ2v) is 6.61. The summed E-state index contributed by atoms with van der Waals surface area (Å²) in [6.45, 7) is 0. The molecule has 3 fully saturated rings. The summed E-state index contributed by atoms with van der Waals surface area (Å²) in [5.41, 5.74) is 0.0943. The van der Waals surface area contributed by atoms with Crippen molar-refractivity contribution in [3.8, 4) is 0 Å². The van der Waals surface area contributed by atoms with Crippen molar-refractivity contribution in [2.75, 3.05) is 0 Å². The van der Waals surface area contributed by atoms with E-state index in [1.165, 1.54) is 32.1 Å². The molecule has 3 aliphatic rings. The molecule has 0 aromatic carbocycles. The van der Waals surface area contributed by atoms with Crippen LogP contribution in [0.2, 0.25) is 0 Å². The molecule has 0 radical (unpaired) electrons. The summed E-state index contributed by atoms with van der Waals surface area (Å²) < 4.78 is 5.86. The van der Waals surface area contributed by atoms with Gasteiger partial charge in [0.05, 0.1) is 0 Å². The van der Waals surface area contributed by atoms with Gasteiger partial charge in [0.1, 0.15) is 5.60 Å². The number of hydrogen-bond acceptors (Lipinski definition) is 1. The summed E-state index contributed by atoms with van der Waals surface area (Å²) in [5, 5.41) is -0.287. The zero-order chi connectivity index (χ0) is 9.10. The van der Waals surface area contributed by atoms with Crippen LogP contribution in [-0.2, 0) is 4.74 Å². The van der Waals surface area contributed by atoms with Crippen LogP contribution >= 0.6 is 27.5 Å². The van der Waals surface area contributed by atoms with E-state index in [-0.39, 0.29) is 10.7 Å². The van der Waals surface area contributed by atoms with Crippen LogP contribution in [0.3, 0.4) is 0 Å². The van der Waals surface area contributed by atoms with Gasteiger partial charge >= 0.3 is 0 Å². The summed E-state index contributed by atoms with van der Waals surface area (Å²) in [4.78, 5) is 0.573. The quantitative estimate of drug-likeness (QED) is 0.483. The molecule has 1 aliphatic heterocycles. The van der Waals surface area contributed by atoms with E-state index in [2.05, 4.69) is 15.9 Å². The van der Waals surface area contributed by atoms with E-state index < -0.39 is 0 Å². The van der Waals surface area contributed by atoms with Gasteiger partial charge in [-0.25, -0.2) is 0 Å². The van der Waals surface area contributed by atoms with Crippen molar-refractivity contribution >= 4 is 27.5 Å². The first-order valence-corrected chi connectivity index (χ1v) is 6.49. The normalized spacial score (nSPS) is 59.5. The molecule has 3 rings (SSSR count). The highest BCUT2D eigenvalue weighted by molar-refractivity contribution is 9.09. The number of rotatable bonds is 0. The van der Waals surface area contributed by atoms with Gasteiger partial charge in [-0.1, -0.05) is 40.4 Å². The number of epoxide rings is 1. The van der Waals surface area contributed by atoms with Crippen LogP contribution in [-0.4, -0.2) is 15.5 Å². The van der Waals surface area contributed by atoms with Gasteiger partial charge in [-0.15, -0.1) is 0 Å². The standard InChI is InChI=1S/C10H14BrClO/c11-8-5-7-3-1-2-4-9(7)10(12,6-8)13-9/h7-8H,1-6H2/t7?,8-,9?,10?/m1/s1. The molecule has 74 valence electrons. The van der Waals surface area contributed by atoms with Crippen LogP contribution in [0.25, 0.3) is 0 Å². The molecule has 13 heavy (non-hydrogen) atoms. The maximum Gasteiger partial charge on any atom is 0.172 e. The lowest BCUT2D eigenvalue weighted by molar-refractivity contribution is 0.152. The van der Waals surface area contributed by atoms with Crippen molar-refractivity contribution in [3.63, 3.8) is 0 Å². The molecule has 0 N–H and O–H groups in total. The van der Waals surface area contributed by atoms with Crippen molar-refractivity contribution < 1.29 is 4.74 Å². The van der Waals surface area contributed by atoms with Gasteiger partial charge < -0.3 is 4.74 Å². The lowest BCUT2D eigenvalue weighted by Crippen LogP contribution is -2.40. The van der Waals surface area contributed by atoms with Gasteiger partial charge in [0.15, 0.2) is 5.06 Å². The predicted octanol–water partition coefficient (Wildman–Crippen LogP) is 3.44. The minimum atomic E-state index is -0.287. The second kappa shape index (κ2) is 2.65. The molecule has 2 saturated carbocycles. The third kappa shape index (κ3) is 1.09. The van der Waals surface area contributed by atoms with E-state index in [9.17, 15) is 0 Å². The smallest absolute Gasteiger partial charge is 0.172 e. The molecular weight excluding hydrogens is 251 g/mol. The summed E-state index contributed by atoms with van der Waals surface area (Å²) in [6.07, 6.45) is 7.43. The zero-order valence-electron chi connectivity index (χ0n) is 7.56. The topological polar surface area (TPSA) is 12.5 Å².